The van der Waals surface area contributed by atoms with Gasteiger partial charge < -0.3 is 21.1 Å². The topological polar surface area (TPSA) is 85.1 Å². The number of aromatic nitrogens is 2. The maximum atomic E-state index is 13.8. The Morgan fingerprint density at radius 2 is 2.04 bits per heavy atom. The molecule has 0 spiro atoms. The minimum Gasteiger partial charge on any atom is -0.481 e. The number of benzene rings is 1. The van der Waals surface area contributed by atoms with Crippen LogP contribution in [-0.2, 0) is 5.75 Å². The van der Waals surface area contributed by atoms with Gasteiger partial charge in [-0.25, -0.2) is 9.37 Å². The van der Waals surface area contributed by atoms with Crippen molar-refractivity contribution in [2.45, 2.75) is 17.8 Å². The molecule has 0 saturated carbocycles. The Kier molecular flexibility index (Phi) is 10.7. The summed E-state index contributed by atoms with van der Waals surface area (Å²) in [4.78, 5) is 8.22. The number of nitrogens with one attached hydrogen (secondary N) is 2. The highest BCUT2D eigenvalue weighted by Gasteiger charge is 2.08. The van der Waals surface area contributed by atoms with E-state index >= 15 is 0 Å². The molecule has 1 saturated heterocycles. The molecule has 1 fully saturated rings. The minimum absolute atomic E-state index is 0.189. The van der Waals surface area contributed by atoms with Crippen LogP contribution in [0.4, 0.5) is 10.2 Å². The Hall–Kier alpha value is -2.58. The molecule has 8 heteroatoms. The maximum Gasteiger partial charge on any atom is 0.219 e. The van der Waals surface area contributed by atoms with Crippen molar-refractivity contribution in [3.63, 3.8) is 0 Å². The summed E-state index contributed by atoms with van der Waals surface area (Å²) in [5.74, 6) is 0.991. The lowest BCUT2D eigenvalue weighted by molar-refractivity contribution is 0.393. The van der Waals surface area contributed by atoms with E-state index in [4.69, 9.17) is 10.5 Å². The number of hydrogen-bond acceptors (Lipinski definition) is 7. The van der Waals surface area contributed by atoms with Crippen molar-refractivity contribution in [3.8, 4) is 5.88 Å². The van der Waals surface area contributed by atoms with Crippen LogP contribution >= 0.6 is 11.8 Å². The van der Waals surface area contributed by atoms with Crippen LogP contribution in [0.15, 0.2) is 54.9 Å². The van der Waals surface area contributed by atoms with Crippen molar-refractivity contribution in [2.24, 2.45) is 0 Å². The monoisotopic (exact) mass is 405 g/mol. The molecule has 0 aliphatic carbocycles. The molecule has 1 aliphatic heterocycles. The summed E-state index contributed by atoms with van der Waals surface area (Å²) in [5, 5.41) is 6.77. The number of thioether (sulfide) groups is 1. The summed E-state index contributed by atoms with van der Waals surface area (Å²) >= 11 is 1.32. The van der Waals surface area contributed by atoms with Gasteiger partial charge in [-0.15, -0.1) is 13.2 Å². The molecule has 0 bridgehead atoms. The van der Waals surface area contributed by atoms with Crippen LogP contribution in [0.3, 0.4) is 0 Å². The van der Waals surface area contributed by atoms with E-state index in [2.05, 4.69) is 40.3 Å². The van der Waals surface area contributed by atoms with Crippen molar-refractivity contribution in [1.29, 1.82) is 0 Å². The SMILES string of the molecule is C=C.C=C1CNCCN1.COc1cc(N)nc(SCc2cccc(C)c2F)n1. The Labute approximate surface area is 170 Å². The highest BCUT2D eigenvalue weighted by molar-refractivity contribution is 7.98. The molecule has 1 aromatic carbocycles. The van der Waals surface area contributed by atoms with Gasteiger partial charge >= 0.3 is 0 Å². The molecule has 0 atom stereocenters. The van der Waals surface area contributed by atoms with Gasteiger partial charge in [0.2, 0.25) is 5.88 Å². The average molecular weight is 406 g/mol. The maximum absolute atomic E-state index is 13.8. The van der Waals surface area contributed by atoms with Crippen LogP contribution in [0.1, 0.15) is 11.1 Å². The van der Waals surface area contributed by atoms with E-state index in [1.165, 1.54) is 24.9 Å². The molecule has 0 unspecified atom stereocenters. The minimum atomic E-state index is -0.189. The van der Waals surface area contributed by atoms with E-state index in [1.807, 2.05) is 6.07 Å². The van der Waals surface area contributed by atoms with E-state index < -0.39 is 0 Å². The van der Waals surface area contributed by atoms with Crippen LogP contribution in [-0.4, -0.2) is 36.7 Å². The molecule has 28 heavy (non-hydrogen) atoms. The van der Waals surface area contributed by atoms with E-state index in [-0.39, 0.29) is 5.82 Å². The number of nitrogens with two attached hydrogens (primary N) is 1. The molecule has 1 aromatic heterocycles. The van der Waals surface area contributed by atoms with Crippen molar-refractivity contribution in [2.75, 3.05) is 32.5 Å². The number of methoxy groups -OCH3 is 1. The fraction of sp³-hybridized carbons (Fsp3) is 0.300. The van der Waals surface area contributed by atoms with Crippen LogP contribution in [0.25, 0.3) is 0 Å². The molecular formula is C20H28FN5OS. The van der Waals surface area contributed by atoms with Crippen molar-refractivity contribution < 1.29 is 9.13 Å². The van der Waals surface area contributed by atoms with Crippen molar-refractivity contribution >= 4 is 17.6 Å². The summed E-state index contributed by atoms with van der Waals surface area (Å²) in [7, 11) is 1.51. The predicted octanol–water partition coefficient (Wildman–Crippen LogP) is 3.30. The number of nitrogens with zero attached hydrogens (tertiary/aromatic N) is 2. The number of rotatable bonds is 4. The Balaban J connectivity index is 0.000000363. The first kappa shape index (κ1) is 23.5. The van der Waals surface area contributed by atoms with Gasteiger partial charge in [0.05, 0.1) is 7.11 Å². The quantitative estimate of drug-likeness (QED) is 0.409. The normalized spacial score (nSPS) is 12.6. The number of hydrogen-bond donors (Lipinski definition) is 3. The van der Waals surface area contributed by atoms with Crippen LogP contribution < -0.4 is 21.1 Å². The second-order valence-corrected chi connectivity index (χ2v) is 6.60. The predicted molar refractivity (Wildman–Crippen MR) is 115 cm³/mol. The van der Waals surface area contributed by atoms with Gasteiger partial charge in [0.25, 0.3) is 0 Å². The fourth-order valence-corrected chi connectivity index (χ4v) is 3.01. The Morgan fingerprint density at radius 1 is 1.29 bits per heavy atom. The summed E-state index contributed by atoms with van der Waals surface area (Å²) in [6.07, 6.45) is 0. The first-order chi connectivity index (χ1) is 13.5. The van der Waals surface area contributed by atoms with E-state index in [1.54, 1.807) is 19.1 Å². The lowest BCUT2D eigenvalue weighted by Gasteiger charge is -2.15. The molecule has 4 N–H and O–H groups in total. The summed E-state index contributed by atoms with van der Waals surface area (Å²) < 4.78 is 18.8. The summed E-state index contributed by atoms with van der Waals surface area (Å²) in [6, 6.07) is 6.86. The molecule has 6 nitrogen and oxygen atoms in total. The number of aryl methyl sites for hydroxylation is 1. The second kappa shape index (κ2) is 12.7. The molecule has 3 rings (SSSR count). The van der Waals surface area contributed by atoms with E-state index in [0.717, 1.165) is 25.3 Å². The Bertz CT molecular complexity index is 764. The first-order valence-electron chi connectivity index (χ1n) is 8.67. The fourth-order valence-electron chi connectivity index (χ4n) is 2.18. The molecular weight excluding hydrogens is 377 g/mol. The third-order valence-electron chi connectivity index (χ3n) is 3.55. The highest BCUT2D eigenvalue weighted by Crippen LogP contribution is 2.24. The first-order valence-corrected chi connectivity index (χ1v) is 9.66. The summed E-state index contributed by atoms with van der Waals surface area (Å²) in [5.41, 5.74) is 7.99. The number of nitrogen functional groups attached to an aromatic ring is 1. The number of anilines is 1. The number of ether oxygens (including phenoxy) is 1. The number of halogens is 1. The van der Waals surface area contributed by atoms with Crippen LogP contribution in [0.2, 0.25) is 0 Å². The van der Waals surface area contributed by atoms with Gasteiger partial charge in [-0.05, 0) is 18.1 Å². The average Bonchev–Trinajstić information content (AvgIpc) is 2.71. The largest absolute Gasteiger partial charge is 0.481 e. The molecule has 0 radical (unpaired) electrons. The van der Waals surface area contributed by atoms with Gasteiger partial charge in [0, 0.05) is 37.2 Å². The van der Waals surface area contributed by atoms with Gasteiger partial charge in [0.15, 0.2) is 5.16 Å². The second-order valence-electron chi connectivity index (χ2n) is 5.66. The van der Waals surface area contributed by atoms with Crippen LogP contribution in [0, 0.1) is 12.7 Å². The van der Waals surface area contributed by atoms with Gasteiger partial charge in [-0.3, -0.25) is 0 Å². The molecule has 2 aromatic rings. The zero-order valence-corrected chi connectivity index (χ0v) is 17.2. The third-order valence-corrected chi connectivity index (χ3v) is 4.45. The lowest BCUT2D eigenvalue weighted by Crippen LogP contribution is -2.37. The summed E-state index contributed by atoms with van der Waals surface area (Å²) in [6.45, 7) is 14.5. The molecule has 2 heterocycles. The van der Waals surface area contributed by atoms with Gasteiger partial charge in [-0.2, -0.15) is 4.98 Å². The standard InChI is InChI=1S/C13H14FN3OS.C5H10N2.C2H4/c1-8-4-3-5-9(12(8)14)7-19-13-16-10(15)6-11(17-13)18-2;1-5-4-6-2-3-7-5;1-2/h3-6H,7H2,1-2H3,(H2,15,16,17);6-7H,1-4H2;1-2H2. The molecule has 152 valence electrons. The van der Waals surface area contributed by atoms with Gasteiger partial charge in [0.1, 0.15) is 11.6 Å². The lowest BCUT2D eigenvalue weighted by atomic mass is 10.1. The third kappa shape index (κ3) is 7.98. The van der Waals surface area contributed by atoms with Gasteiger partial charge in [-0.1, -0.05) is 36.5 Å². The molecule has 1 aliphatic rings. The Morgan fingerprint density at radius 3 is 2.61 bits per heavy atom. The smallest absolute Gasteiger partial charge is 0.219 e. The highest BCUT2D eigenvalue weighted by atomic mass is 32.2. The van der Waals surface area contributed by atoms with E-state index in [0.29, 0.717) is 33.7 Å². The van der Waals surface area contributed by atoms with E-state index in [9.17, 15) is 4.39 Å². The zero-order valence-electron chi connectivity index (χ0n) is 16.4. The van der Waals surface area contributed by atoms with Crippen LogP contribution in [0.5, 0.6) is 5.88 Å². The van der Waals surface area contributed by atoms with Crippen molar-refractivity contribution in [1.82, 2.24) is 20.6 Å². The number of piperazine rings is 1. The zero-order chi connectivity index (χ0) is 20.9. The molecule has 0 amide bonds. The van der Waals surface area contributed by atoms with Crippen molar-refractivity contribution in [3.05, 3.63) is 66.6 Å².